The van der Waals surface area contributed by atoms with E-state index in [1.165, 1.54) is 6.07 Å². The van der Waals surface area contributed by atoms with Gasteiger partial charge in [-0.3, -0.25) is 0 Å². The van der Waals surface area contributed by atoms with Crippen LogP contribution < -0.4 is 11.1 Å². The molecule has 0 heterocycles. The van der Waals surface area contributed by atoms with E-state index in [2.05, 4.69) is 5.32 Å². The van der Waals surface area contributed by atoms with Crippen molar-refractivity contribution in [2.45, 2.75) is 0 Å². The van der Waals surface area contributed by atoms with Crippen LogP contribution in [0.15, 0.2) is 18.2 Å². The van der Waals surface area contributed by atoms with E-state index in [1.807, 2.05) is 22.6 Å². The fourth-order valence-electron chi connectivity index (χ4n) is 0.716. The maximum absolute atomic E-state index is 12.8. The number of anilines is 1. The number of benzene rings is 1. The number of hydrogen-bond donors (Lipinski definition) is 2. The Kier molecular flexibility index (Phi) is 2.85. The van der Waals surface area contributed by atoms with Crippen LogP contribution in [0.3, 0.4) is 0 Å². The van der Waals surface area contributed by atoms with Crippen LogP contribution in [-0.4, -0.2) is 6.03 Å². The minimum atomic E-state index is -0.699. The minimum Gasteiger partial charge on any atom is -0.351 e. The van der Waals surface area contributed by atoms with Crippen LogP contribution in [0.5, 0.6) is 0 Å². The molecular formula is C7H6FIN2O. The highest BCUT2D eigenvalue weighted by atomic mass is 127. The Labute approximate surface area is 82.3 Å². The predicted molar refractivity (Wildman–Crippen MR) is 52.3 cm³/mol. The highest BCUT2D eigenvalue weighted by molar-refractivity contribution is 14.1. The minimum absolute atomic E-state index is 0.361. The van der Waals surface area contributed by atoms with Gasteiger partial charge in [0.1, 0.15) is 5.82 Å². The van der Waals surface area contributed by atoms with Crippen LogP contribution in [0.1, 0.15) is 0 Å². The summed E-state index contributed by atoms with van der Waals surface area (Å²) < 4.78 is 13.3. The summed E-state index contributed by atoms with van der Waals surface area (Å²) in [6.07, 6.45) is 0. The maximum atomic E-state index is 12.8. The Balaban J connectivity index is 2.89. The van der Waals surface area contributed by atoms with Crippen molar-refractivity contribution >= 4 is 34.3 Å². The Morgan fingerprint density at radius 2 is 2.25 bits per heavy atom. The van der Waals surface area contributed by atoms with Gasteiger partial charge in [-0.1, -0.05) is 0 Å². The van der Waals surface area contributed by atoms with Gasteiger partial charge in [-0.2, -0.15) is 0 Å². The van der Waals surface area contributed by atoms with Crippen molar-refractivity contribution in [2.75, 3.05) is 5.32 Å². The first-order valence-electron chi connectivity index (χ1n) is 3.11. The molecule has 2 amide bonds. The van der Waals surface area contributed by atoms with Crippen LogP contribution >= 0.6 is 22.6 Å². The molecule has 0 unspecified atom stereocenters. The second kappa shape index (κ2) is 3.70. The molecule has 64 valence electrons. The summed E-state index contributed by atoms with van der Waals surface area (Å²) in [5.41, 5.74) is 5.20. The number of nitrogens with two attached hydrogens (primary N) is 1. The van der Waals surface area contributed by atoms with Crippen molar-refractivity contribution in [3.63, 3.8) is 0 Å². The van der Waals surface area contributed by atoms with Crippen molar-refractivity contribution in [3.8, 4) is 0 Å². The lowest BCUT2D eigenvalue weighted by molar-refractivity contribution is 0.259. The van der Waals surface area contributed by atoms with Crippen LogP contribution in [0.2, 0.25) is 0 Å². The molecular weight excluding hydrogens is 274 g/mol. The molecule has 0 aliphatic carbocycles. The average Bonchev–Trinajstić information content (AvgIpc) is 1.96. The third kappa shape index (κ3) is 2.33. The quantitative estimate of drug-likeness (QED) is 0.759. The largest absolute Gasteiger partial charge is 0.351 e. The molecule has 5 heteroatoms. The molecule has 0 aromatic heterocycles. The van der Waals surface area contributed by atoms with Crippen molar-refractivity contribution in [2.24, 2.45) is 5.73 Å². The summed E-state index contributed by atoms with van der Waals surface area (Å²) in [6.45, 7) is 0. The summed E-state index contributed by atoms with van der Waals surface area (Å²) in [4.78, 5) is 10.4. The third-order valence-corrected chi connectivity index (χ3v) is 2.06. The Morgan fingerprint density at radius 1 is 1.58 bits per heavy atom. The summed E-state index contributed by atoms with van der Waals surface area (Å²) in [7, 11) is 0. The first kappa shape index (κ1) is 9.24. The first-order valence-corrected chi connectivity index (χ1v) is 4.19. The number of urea groups is 1. The van der Waals surface area contributed by atoms with Gasteiger partial charge in [-0.25, -0.2) is 9.18 Å². The van der Waals surface area contributed by atoms with Crippen molar-refractivity contribution < 1.29 is 9.18 Å². The average molecular weight is 280 g/mol. The zero-order valence-corrected chi connectivity index (χ0v) is 8.13. The predicted octanol–water partition coefficient (Wildman–Crippen LogP) is 1.92. The standard InChI is InChI=1S/C7H6FIN2O/c8-5-3-4(11-7(10)12)1-2-6(5)9/h1-3H,(H3,10,11,12). The molecule has 0 aliphatic heterocycles. The molecule has 12 heavy (non-hydrogen) atoms. The Morgan fingerprint density at radius 3 is 2.75 bits per heavy atom. The van der Waals surface area contributed by atoms with E-state index in [9.17, 15) is 9.18 Å². The van der Waals surface area contributed by atoms with E-state index < -0.39 is 6.03 Å². The fraction of sp³-hybridized carbons (Fsp3) is 0. The van der Waals surface area contributed by atoms with E-state index >= 15 is 0 Å². The number of halogens is 2. The van der Waals surface area contributed by atoms with Gasteiger partial charge in [0.05, 0.1) is 0 Å². The van der Waals surface area contributed by atoms with Gasteiger partial charge in [-0.15, -0.1) is 0 Å². The lowest BCUT2D eigenvalue weighted by Gasteiger charge is -2.01. The number of carbonyl (C=O) groups excluding carboxylic acids is 1. The van der Waals surface area contributed by atoms with Crippen LogP contribution in [0.25, 0.3) is 0 Å². The second-order valence-electron chi connectivity index (χ2n) is 2.12. The zero-order valence-electron chi connectivity index (χ0n) is 5.97. The summed E-state index contributed by atoms with van der Waals surface area (Å²) in [5.74, 6) is -0.373. The highest BCUT2D eigenvalue weighted by Crippen LogP contribution is 2.15. The highest BCUT2D eigenvalue weighted by Gasteiger charge is 2.00. The molecule has 0 saturated heterocycles. The second-order valence-corrected chi connectivity index (χ2v) is 3.28. The lowest BCUT2D eigenvalue weighted by atomic mass is 10.3. The number of rotatable bonds is 1. The molecule has 0 aliphatic rings. The van der Waals surface area contributed by atoms with E-state index in [1.54, 1.807) is 12.1 Å². The van der Waals surface area contributed by atoms with E-state index in [0.29, 0.717) is 9.26 Å². The van der Waals surface area contributed by atoms with Crippen molar-refractivity contribution in [3.05, 3.63) is 27.6 Å². The third-order valence-electron chi connectivity index (χ3n) is 1.19. The molecule has 0 bridgehead atoms. The van der Waals surface area contributed by atoms with Gasteiger partial charge in [0.25, 0.3) is 0 Å². The molecule has 0 spiro atoms. The lowest BCUT2D eigenvalue weighted by Crippen LogP contribution is -2.19. The molecule has 0 atom stereocenters. The van der Waals surface area contributed by atoms with Gasteiger partial charge in [0.15, 0.2) is 0 Å². The van der Waals surface area contributed by atoms with Crippen molar-refractivity contribution in [1.82, 2.24) is 0 Å². The van der Waals surface area contributed by atoms with Gasteiger partial charge in [0, 0.05) is 9.26 Å². The summed E-state index contributed by atoms with van der Waals surface area (Å²) in [5, 5.41) is 2.27. The van der Waals surface area contributed by atoms with E-state index in [4.69, 9.17) is 5.73 Å². The molecule has 3 N–H and O–H groups in total. The van der Waals surface area contributed by atoms with Crippen LogP contribution in [0.4, 0.5) is 14.9 Å². The topological polar surface area (TPSA) is 55.1 Å². The molecule has 0 radical (unpaired) electrons. The van der Waals surface area contributed by atoms with Crippen molar-refractivity contribution in [1.29, 1.82) is 0 Å². The number of nitrogens with one attached hydrogen (secondary N) is 1. The van der Waals surface area contributed by atoms with Crippen LogP contribution in [0, 0.1) is 9.39 Å². The Bertz CT molecular complexity index is 316. The number of primary amides is 1. The van der Waals surface area contributed by atoms with Crippen LogP contribution in [-0.2, 0) is 0 Å². The SMILES string of the molecule is NC(=O)Nc1ccc(I)c(F)c1. The van der Waals surface area contributed by atoms with E-state index in [0.717, 1.165) is 0 Å². The number of hydrogen-bond acceptors (Lipinski definition) is 1. The molecule has 1 aromatic rings. The number of amides is 2. The van der Waals surface area contributed by atoms with Gasteiger partial charge < -0.3 is 11.1 Å². The molecule has 3 nitrogen and oxygen atoms in total. The smallest absolute Gasteiger partial charge is 0.316 e. The normalized spacial score (nSPS) is 9.50. The molecule has 0 fully saturated rings. The first-order chi connectivity index (χ1) is 5.59. The Hall–Kier alpha value is -0.850. The maximum Gasteiger partial charge on any atom is 0.316 e. The van der Waals surface area contributed by atoms with Gasteiger partial charge >= 0.3 is 6.03 Å². The van der Waals surface area contributed by atoms with Gasteiger partial charge in [-0.05, 0) is 40.8 Å². The molecule has 1 aromatic carbocycles. The molecule has 1 rings (SSSR count). The van der Waals surface area contributed by atoms with E-state index in [-0.39, 0.29) is 5.82 Å². The van der Waals surface area contributed by atoms with Gasteiger partial charge in [0.2, 0.25) is 0 Å². The zero-order chi connectivity index (χ0) is 9.14. The number of carbonyl (C=O) groups is 1. The summed E-state index contributed by atoms with van der Waals surface area (Å²) in [6, 6.07) is 3.65. The summed E-state index contributed by atoms with van der Waals surface area (Å²) >= 11 is 1.86. The fourth-order valence-corrected chi connectivity index (χ4v) is 1.05. The monoisotopic (exact) mass is 280 g/mol. The molecule has 0 saturated carbocycles.